The number of aryl methyl sites for hydroxylation is 1. The molecule has 29 heavy (non-hydrogen) atoms. The summed E-state index contributed by atoms with van der Waals surface area (Å²) in [6, 6.07) is 9.49. The van der Waals surface area contributed by atoms with Crippen molar-refractivity contribution in [3.63, 3.8) is 0 Å². The Morgan fingerprint density at radius 1 is 1.38 bits per heavy atom. The number of hydrogen-bond acceptors (Lipinski definition) is 5. The molecule has 1 aliphatic heterocycles. The summed E-state index contributed by atoms with van der Waals surface area (Å²) in [5.74, 6) is -1.43. The minimum Gasteiger partial charge on any atom is -0.332 e. The smallest absolute Gasteiger partial charge is 0.274 e. The summed E-state index contributed by atoms with van der Waals surface area (Å²) < 4.78 is 13.9. The van der Waals surface area contributed by atoms with E-state index < -0.39 is 11.7 Å². The zero-order chi connectivity index (χ0) is 20.5. The molecule has 0 unspecified atom stereocenters. The van der Waals surface area contributed by atoms with Gasteiger partial charge >= 0.3 is 0 Å². The number of H-pyrrole nitrogens is 1. The standard InChI is InChI=1S/C20H16FN5O2S/c1-11-8-16(25-24-11)20(28)26-7-6-12-14(9-22)19(29-17(12)10-26)23-18(27)13-4-2-3-5-15(13)21/h2-5,8H,6-7,10H2,1H3,(H,23,27)(H,24,25). The summed E-state index contributed by atoms with van der Waals surface area (Å²) in [5.41, 5.74) is 2.25. The van der Waals surface area contributed by atoms with Crippen LogP contribution in [-0.4, -0.2) is 33.5 Å². The predicted octanol–water partition coefficient (Wildman–Crippen LogP) is 3.24. The van der Waals surface area contributed by atoms with E-state index in [4.69, 9.17) is 0 Å². The molecule has 0 atom stereocenters. The van der Waals surface area contributed by atoms with Crippen LogP contribution < -0.4 is 5.32 Å². The Kier molecular flexibility index (Phi) is 4.86. The molecular weight excluding hydrogens is 393 g/mol. The van der Waals surface area contributed by atoms with Gasteiger partial charge in [0.05, 0.1) is 17.7 Å². The highest BCUT2D eigenvalue weighted by Crippen LogP contribution is 2.37. The van der Waals surface area contributed by atoms with E-state index >= 15 is 0 Å². The van der Waals surface area contributed by atoms with Gasteiger partial charge in [0.1, 0.15) is 22.6 Å². The first-order chi connectivity index (χ1) is 14.0. The van der Waals surface area contributed by atoms with Crippen LogP contribution in [0, 0.1) is 24.1 Å². The zero-order valence-electron chi connectivity index (χ0n) is 15.5. The van der Waals surface area contributed by atoms with E-state index in [9.17, 15) is 19.2 Å². The molecule has 146 valence electrons. The molecule has 3 aromatic rings. The summed E-state index contributed by atoms with van der Waals surface area (Å²) in [6.07, 6.45) is 0.499. The first kappa shape index (κ1) is 18.8. The average molecular weight is 409 g/mol. The number of aromatic nitrogens is 2. The van der Waals surface area contributed by atoms with Crippen LogP contribution in [0.3, 0.4) is 0 Å². The van der Waals surface area contributed by atoms with Crippen LogP contribution in [0.25, 0.3) is 0 Å². The maximum absolute atomic E-state index is 13.9. The molecule has 7 nitrogen and oxygen atoms in total. The SMILES string of the molecule is Cc1cc(C(=O)N2CCc3c(sc(NC(=O)c4ccccc4F)c3C#N)C2)n[nH]1. The van der Waals surface area contributed by atoms with Crippen LogP contribution in [0.2, 0.25) is 0 Å². The number of thiophene rings is 1. The van der Waals surface area contributed by atoms with Gasteiger partial charge in [0.25, 0.3) is 11.8 Å². The van der Waals surface area contributed by atoms with E-state index in [0.717, 1.165) is 16.1 Å². The van der Waals surface area contributed by atoms with Crippen LogP contribution in [0.15, 0.2) is 30.3 Å². The number of nitrogens with zero attached hydrogens (tertiary/aromatic N) is 3. The highest BCUT2D eigenvalue weighted by Gasteiger charge is 2.29. The molecule has 0 fully saturated rings. The normalized spacial score (nSPS) is 12.9. The van der Waals surface area contributed by atoms with Gasteiger partial charge in [-0.2, -0.15) is 10.4 Å². The van der Waals surface area contributed by atoms with Gasteiger partial charge in [0, 0.05) is 17.1 Å². The average Bonchev–Trinajstić information content (AvgIpc) is 3.29. The van der Waals surface area contributed by atoms with E-state index in [1.165, 1.54) is 29.5 Å². The van der Waals surface area contributed by atoms with Crippen molar-refractivity contribution in [3.8, 4) is 6.07 Å². The molecule has 1 aliphatic rings. The lowest BCUT2D eigenvalue weighted by atomic mass is 10.0. The highest BCUT2D eigenvalue weighted by molar-refractivity contribution is 7.16. The number of nitriles is 1. The maximum Gasteiger partial charge on any atom is 0.274 e. The molecular formula is C20H16FN5O2S. The molecule has 0 saturated carbocycles. The van der Waals surface area contributed by atoms with Gasteiger partial charge in [0.15, 0.2) is 0 Å². The number of rotatable bonds is 3. The molecule has 9 heteroatoms. The third-order valence-electron chi connectivity index (χ3n) is 4.73. The van der Waals surface area contributed by atoms with Crippen LogP contribution in [0.4, 0.5) is 9.39 Å². The van der Waals surface area contributed by atoms with Crippen molar-refractivity contribution >= 4 is 28.2 Å². The Bertz CT molecular complexity index is 1160. The molecule has 2 aromatic heterocycles. The second-order valence-electron chi connectivity index (χ2n) is 6.67. The van der Waals surface area contributed by atoms with Crippen molar-refractivity contribution in [2.75, 3.05) is 11.9 Å². The number of hydrogen-bond donors (Lipinski definition) is 2. The largest absolute Gasteiger partial charge is 0.332 e. The minimum absolute atomic E-state index is 0.0894. The quantitative estimate of drug-likeness (QED) is 0.693. The Morgan fingerprint density at radius 2 is 2.17 bits per heavy atom. The number of carbonyl (C=O) groups excluding carboxylic acids is 2. The molecule has 2 N–H and O–H groups in total. The van der Waals surface area contributed by atoms with E-state index in [1.807, 2.05) is 6.92 Å². The van der Waals surface area contributed by atoms with Gasteiger partial charge < -0.3 is 10.2 Å². The van der Waals surface area contributed by atoms with Gasteiger partial charge in [-0.05, 0) is 37.1 Å². The maximum atomic E-state index is 13.9. The molecule has 1 aromatic carbocycles. The molecule has 0 radical (unpaired) electrons. The number of carbonyl (C=O) groups is 2. The lowest BCUT2D eigenvalue weighted by molar-refractivity contribution is 0.0731. The Balaban J connectivity index is 1.58. The molecule has 3 heterocycles. The second kappa shape index (κ2) is 7.48. The first-order valence-electron chi connectivity index (χ1n) is 8.89. The van der Waals surface area contributed by atoms with Crippen molar-refractivity contribution in [2.24, 2.45) is 0 Å². The number of amides is 2. The van der Waals surface area contributed by atoms with Crippen LogP contribution >= 0.6 is 11.3 Å². The second-order valence-corrected chi connectivity index (χ2v) is 7.77. The fraction of sp³-hybridized carbons (Fsp3) is 0.200. The third-order valence-corrected chi connectivity index (χ3v) is 5.86. The topological polar surface area (TPSA) is 102 Å². The van der Waals surface area contributed by atoms with Crippen LogP contribution in [0.1, 0.15) is 42.5 Å². The first-order valence-corrected chi connectivity index (χ1v) is 9.71. The van der Waals surface area contributed by atoms with Crippen molar-refractivity contribution in [1.29, 1.82) is 5.26 Å². The van der Waals surface area contributed by atoms with E-state index in [2.05, 4.69) is 21.6 Å². The lowest BCUT2D eigenvalue weighted by Crippen LogP contribution is -2.35. The monoisotopic (exact) mass is 409 g/mol. The van der Waals surface area contributed by atoms with Gasteiger partial charge in [-0.15, -0.1) is 11.3 Å². The third kappa shape index (κ3) is 3.50. The summed E-state index contributed by atoms with van der Waals surface area (Å²) in [4.78, 5) is 27.6. The number of aromatic amines is 1. The summed E-state index contributed by atoms with van der Waals surface area (Å²) >= 11 is 1.24. The van der Waals surface area contributed by atoms with E-state index in [-0.39, 0.29) is 11.5 Å². The van der Waals surface area contributed by atoms with Gasteiger partial charge in [-0.3, -0.25) is 14.7 Å². The van der Waals surface area contributed by atoms with Crippen molar-refractivity contribution in [2.45, 2.75) is 19.9 Å². The van der Waals surface area contributed by atoms with E-state index in [0.29, 0.717) is 35.8 Å². The summed E-state index contributed by atoms with van der Waals surface area (Å²) in [7, 11) is 0. The highest BCUT2D eigenvalue weighted by atomic mass is 32.1. The molecule has 0 bridgehead atoms. The van der Waals surface area contributed by atoms with Crippen molar-refractivity contribution in [1.82, 2.24) is 15.1 Å². The fourth-order valence-corrected chi connectivity index (χ4v) is 4.50. The molecule has 2 amide bonds. The van der Waals surface area contributed by atoms with Gasteiger partial charge in [-0.25, -0.2) is 4.39 Å². The number of nitrogens with one attached hydrogen (secondary N) is 2. The summed E-state index contributed by atoms with van der Waals surface area (Å²) in [6.45, 7) is 2.60. The van der Waals surface area contributed by atoms with Crippen LogP contribution in [-0.2, 0) is 13.0 Å². The van der Waals surface area contributed by atoms with Gasteiger partial charge in [0.2, 0.25) is 0 Å². The van der Waals surface area contributed by atoms with Crippen LogP contribution in [0.5, 0.6) is 0 Å². The van der Waals surface area contributed by atoms with Crippen molar-refractivity contribution in [3.05, 3.63) is 69.1 Å². The lowest BCUT2D eigenvalue weighted by Gasteiger charge is -2.26. The molecule has 0 saturated heterocycles. The Labute approximate surface area is 169 Å². The van der Waals surface area contributed by atoms with Gasteiger partial charge in [-0.1, -0.05) is 12.1 Å². The molecule has 0 spiro atoms. The summed E-state index contributed by atoms with van der Waals surface area (Å²) in [5, 5.41) is 19.4. The fourth-order valence-electron chi connectivity index (χ4n) is 3.29. The molecule has 4 rings (SSSR count). The van der Waals surface area contributed by atoms with E-state index in [1.54, 1.807) is 17.0 Å². The number of anilines is 1. The predicted molar refractivity (Wildman–Crippen MR) is 105 cm³/mol. The minimum atomic E-state index is -0.629. The molecule has 0 aliphatic carbocycles. The zero-order valence-corrected chi connectivity index (χ0v) is 16.3. The number of benzene rings is 1. The Hall–Kier alpha value is -3.51. The number of halogens is 1. The number of fused-ring (bicyclic) bond motifs is 1. The Morgan fingerprint density at radius 3 is 2.86 bits per heavy atom. The van der Waals surface area contributed by atoms with Crippen molar-refractivity contribution < 1.29 is 14.0 Å².